The molecule has 0 saturated carbocycles. The zero-order chi connectivity index (χ0) is 15.9. The molecule has 0 aromatic heterocycles. The van der Waals surface area contributed by atoms with E-state index >= 15 is 0 Å². The van der Waals surface area contributed by atoms with E-state index in [1.807, 2.05) is 19.1 Å². The number of alkyl halides is 3. The second-order valence-electron chi connectivity index (χ2n) is 5.37. The second-order valence-corrected chi connectivity index (χ2v) is 5.37. The summed E-state index contributed by atoms with van der Waals surface area (Å²) in [4.78, 5) is 0. The Morgan fingerprint density at radius 3 is 2.14 bits per heavy atom. The lowest BCUT2D eigenvalue weighted by Gasteiger charge is -2.19. The first-order valence-corrected chi connectivity index (χ1v) is 7.31. The third-order valence-electron chi connectivity index (χ3n) is 3.27. The molecule has 0 bridgehead atoms. The van der Waals surface area contributed by atoms with Gasteiger partial charge in [0.2, 0.25) is 0 Å². The molecular formula is C16H24F3NO. The normalized spacial score (nSPS) is 13.7. The molecule has 5 heteroatoms. The first-order chi connectivity index (χ1) is 9.83. The number of nitrogens with one attached hydrogen (secondary N) is 1. The van der Waals surface area contributed by atoms with Crippen molar-refractivity contribution in [2.24, 2.45) is 0 Å². The van der Waals surface area contributed by atoms with Crippen LogP contribution in [0.4, 0.5) is 13.2 Å². The van der Waals surface area contributed by atoms with E-state index in [0.29, 0.717) is 5.92 Å². The van der Waals surface area contributed by atoms with Gasteiger partial charge in [0, 0.05) is 0 Å². The van der Waals surface area contributed by atoms with Crippen LogP contribution in [0.25, 0.3) is 0 Å². The van der Waals surface area contributed by atoms with Crippen LogP contribution in [0.3, 0.4) is 0 Å². The van der Waals surface area contributed by atoms with Gasteiger partial charge in [0.25, 0.3) is 0 Å². The van der Waals surface area contributed by atoms with E-state index in [1.165, 1.54) is 5.56 Å². The number of rotatable bonds is 8. The molecule has 0 aliphatic heterocycles. The zero-order valence-corrected chi connectivity index (χ0v) is 12.8. The number of ether oxygens (including phenoxy) is 1. The Labute approximate surface area is 124 Å². The summed E-state index contributed by atoms with van der Waals surface area (Å²) in [7, 11) is 0. The topological polar surface area (TPSA) is 21.3 Å². The molecule has 0 heterocycles. The highest BCUT2D eigenvalue weighted by Gasteiger charge is 2.26. The molecule has 0 aliphatic rings. The van der Waals surface area contributed by atoms with E-state index in [-0.39, 0.29) is 19.3 Å². The van der Waals surface area contributed by atoms with Crippen molar-refractivity contribution in [3.63, 3.8) is 0 Å². The first-order valence-electron chi connectivity index (χ1n) is 7.31. The molecule has 1 aromatic carbocycles. The first kappa shape index (κ1) is 18.0. The Balaban J connectivity index is 2.56. The quantitative estimate of drug-likeness (QED) is 0.717. The van der Waals surface area contributed by atoms with Gasteiger partial charge in [-0.25, -0.2) is 0 Å². The molecule has 0 aliphatic carbocycles. The molecule has 1 N–H and O–H groups in total. The fourth-order valence-corrected chi connectivity index (χ4v) is 2.02. The maximum Gasteiger partial charge on any atom is 0.391 e. The second kappa shape index (κ2) is 8.39. The molecule has 1 rings (SSSR count). The summed E-state index contributed by atoms with van der Waals surface area (Å²) in [5, 5.41) is 3.24. The summed E-state index contributed by atoms with van der Waals surface area (Å²) in [6, 6.07) is 8.05. The summed E-state index contributed by atoms with van der Waals surface area (Å²) < 4.78 is 41.4. The van der Waals surface area contributed by atoms with Crippen LogP contribution < -0.4 is 5.32 Å². The van der Waals surface area contributed by atoms with Crippen LogP contribution in [0.5, 0.6) is 0 Å². The molecule has 1 aromatic rings. The van der Waals surface area contributed by atoms with Gasteiger partial charge in [0.1, 0.15) is 0 Å². The van der Waals surface area contributed by atoms with Gasteiger partial charge in [-0.15, -0.1) is 0 Å². The lowest BCUT2D eigenvalue weighted by Crippen LogP contribution is -2.26. The average molecular weight is 303 g/mol. The van der Waals surface area contributed by atoms with Crippen LogP contribution >= 0.6 is 0 Å². The van der Waals surface area contributed by atoms with Crippen LogP contribution in [0.15, 0.2) is 24.3 Å². The maximum atomic E-state index is 12.1. The van der Waals surface area contributed by atoms with Gasteiger partial charge in [-0.1, -0.05) is 45.0 Å². The van der Waals surface area contributed by atoms with Crippen molar-refractivity contribution in [1.29, 1.82) is 0 Å². The number of hydrogen-bond donors (Lipinski definition) is 1. The zero-order valence-electron chi connectivity index (χ0n) is 12.8. The lowest BCUT2D eigenvalue weighted by molar-refractivity contribution is -0.145. The van der Waals surface area contributed by atoms with Gasteiger partial charge >= 0.3 is 6.18 Å². The predicted octanol–water partition coefficient (Wildman–Crippen LogP) is 4.43. The molecule has 2 nitrogen and oxygen atoms in total. The highest BCUT2D eigenvalue weighted by Crippen LogP contribution is 2.21. The van der Waals surface area contributed by atoms with Gasteiger partial charge in [-0.05, 0) is 23.6 Å². The molecule has 0 fully saturated rings. The highest BCUT2D eigenvalue weighted by molar-refractivity contribution is 5.27. The molecule has 0 spiro atoms. The molecule has 0 amide bonds. The van der Waals surface area contributed by atoms with E-state index in [1.54, 1.807) is 0 Å². The Kier molecular flexibility index (Phi) is 7.18. The van der Waals surface area contributed by atoms with Gasteiger partial charge < -0.3 is 10.1 Å². The van der Waals surface area contributed by atoms with E-state index in [4.69, 9.17) is 4.74 Å². The molecular weight excluding hydrogens is 279 g/mol. The SMILES string of the molecule is CCNC(COCCC(F)(F)F)c1ccc(C(C)C)cc1. The number of halogens is 3. The third-order valence-corrected chi connectivity index (χ3v) is 3.27. The summed E-state index contributed by atoms with van der Waals surface area (Å²) in [6.07, 6.45) is -5.06. The number of hydrogen-bond acceptors (Lipinski definition) is 2. The van der Waals surface area contributed by atoms with E-state index in [2.05, 4.69) is 31.3 Å². The number of benzene rings is 1. The van der Waals surface area contributed by atoms with Crippen molar-refractivity contribution >= 4 is 0 Å². The Morgan fingerprint density at radius 1 is 1.10 bits per heavy atom. The van der Waals surface area contributed by atoms with E-state index in [9.17, 15) is 13.2 Å². The highest BCUT2D eigenvalue weighted by atomic mass is 19.4. The minimum atomic E-state index is -4.16. The van der Waals surface area contributed by atoms with Crippen molar-refractivity contribution in [3.05, 3.63) is 35.4 Å². The molecule has 0 radical (unpaired) electrons. The van der Waals surface area contributed by atoms with Crippen molar-refractivity contribution in [1.82, 2.24) is 5.32 Å². The molecule has 1 unspecified atom stereocenters. The van der Waals surface area contributed by atoms with Crippen molar-refractivity contribution in [3.8, 4) is 0 Å². The van der Waals surface area contributed by atoms with Crippen molar-refractivity contribution in [2.45, 2.75) is 45.3 Å². The fourth-order valence-electron chi connectivity index (χ4n) is 2.02. The smallest absolute Gasteiger partial charge is 0.379 e. The maximum absolute atomic E-state index is 12.1. The van der Waals surface area contributed by atoms with Crippen LogP contribution in [-0.2, 0) is 4.74 Å². The predicted molar refractivity (Wildman–Crippen MR) is 78.4 cm³/mol. The minimum Gasteiger partial charge on any atom is -0.379 e. The van der Waals surface area contributed by atoms with Crippen molar-refractivity contribution < 1.29 is 17.9 Å². The van der Waals surface area contributed by atoms with Gasteiger partial charge in [0.05, 0.1) is 25.7 Å². The number of likely N-dealkylation sites (N-methyl/N-ethyl adjacent to an activating group) is 1. The fraction of sp³-hybridized carbons (Fsp3) is 0.625. The standard InChI is InChI=1S/C16H24F3NO/c1-4-20-15(11-21-10-9-16(17,18)19)14-7-5-13(6-8-14)12(2)3/h5-8,12,15,20H,4,9-11H2,1-3H3. The lowest BCUT2D eigenvalue weighted by atomic mass is 9.99. The van der Waals surface area contributed by atoms with E-state index < -0.39 is 12.6 Å². The third kappa shape index (κ3) is 6.96. The molecule has 0 saturated heterocycles. The van der Waals surface area contributed by atoms with Crippen LogP contribution in [-0.4, -0.2) is 25.9 Å². The van der Waals surface area contributed by atoms with Crippen LogP contribution in [0, 0.1) is 0 Å². The van der Waals surface area contributed by atoms with Crippen molar-refractivity contribution in [2.75, 3.05) is 19.8 Å². The van der Waals surface area contributed by atoms with Gasteiger partial charge in [-0.3, -0.25) is 0 Å². The summed E-state index contributed by atoms with van der Waals surface area (Å²) in [5.41, 5.74) is 2.28. The summed E-state index contributed by atoms with van der Waals surface area (Å²) in [6.45, 7) is 6.89. The van der Waals surface area contributed by atoms with Gasteiger partial charge in [-0.2, -0.15) is 13.2 Å². The Bertz CT molecular complexity index is 401. The van der Waals surface area contributed by atoms with Crippen LogP contribution in [0.1, 0.15) is 50.3 Å². The Morgan fingerprint density at radius 2 is 1.67 bits per heavy atom. The van der Waals surface area contributed by atoms with E-state index in [0.717, 1.165) is 12.1 Å². The molecule has 120 valence electrons. The summed E-state index contributed by atoms with van der Waals surface area (Å²) in [5.74, 6) is 0.458. The monoisotopic (exact) mass is 303 g/mol. The largest absolute Gasteiger partial charge is 0.391 e. The molecule has 21 heavy (non-hydrogen) atoms. The minimum absolute atomic E-state index is 0.0792. The Hall–Kier alpha value is -1.07. The van der Waals surface area contributed by atoms with Gasteiger partial charge in [0.15, 0.2) is 0 Å². The van der Waals surface area contributed by atoms with Crippen LogP contribution in [0.2, 0.25) is 0 Å². The molecule has 1 atom stereocenters. The summed E-state index contributed by atoms with van der Waals surface area (Å²) >= 11 is 0. The average Bonchev–Trinajstić information content (AvgIpc) is 2.41.